The van der Waals surface area contributed by atoms with Crippen LogP contribution in [-0.4, -0.2) is 66.0 Å². The molecule has 2 heterocycles. The zero-order valence-corrected chi connectivity index (χ0v) is 24.8. The molecule has 1 aromatic carbocycles. The van der Waals surface area contributed by atoms with Crippen molar-refractivity contribution >= 4 is 32.7 Å². The molecular weight excluding hydrogens is 576 g/mol. The van der Waals surface area contributed by atoms with E-state index in [9.17, 15) is 30.8 Å². The van der Waals surface area contributed by atoms with Crippen molar-refractivity contribution in [2.75, 3.05) is 29.9 Å². The Morgan fingerprint density at radius 1 is 1.14 bits per heavy atom. The summed E-state index contributed by atoms with van der Waals surface area (Å²) in [6, 6.07) is 5.48. The van der Waals surface area contributed by atoms with Crippen LogP contribution in [0.3, 0.4) is 0 Å². The Labute approximate surface area is 242 Å². The zero-order valence-electron chi connectivity index (χ0n) is 24.0. The van der Waals surface area contributed by atoms with Gasteiger partial charge in [-0.15, -0.1) is 0 Å². The SMILES string of the molecule is CCC(C)n1c(=O)c(-c2ccc(NS(=O)(=O)CCC(F)(F)F)c(F)c2)cc2cnc(N[C@H]3CC[C@H](N(C)C)CC3)nc21. The fraction of sp³-hybridized carbons (Fsp3) is 0.536. The summed E-state index contributed by atoms with van der Waals surface area (Å²) in [5.41, 5.74) is -0.158. The number of sulfonamides is 1. The standard InChI is InChI=1S/C28H36F4N6O3S/c1-5-17(2)38-25-19(16-33-27(35-25)34-20-7-9-21(10-8-20)37(3)4)14-22(26(38)39)18-6-11-24(23(29)15-18)36-42(40,41)13-12-28(30,31)32/h6,11,14-17,20-21,36H,5,7-10,12-13H2,1-4H3,(H,33,34,35)/t17?,20-,21-. The van der Waals surface area contributed by atoms with E-state index in [1.807, 2.05) is 18.6 Å². The molecule has 1 unspecified atom stereocenters. The third-order valence-electron chi connectivity index (χ3n) is 7.76. The van der Waals surface area contributed by atoms with Crippen molar-refractivity contribution in [3.63, 3.8) is 0 Å². The minimum Gasteiger partial charge on any atom is -0.351 e. The lowest BCUT2D eigenvalue weighted by Gasteiger charge is -2.33. The van der Waals surface area contributed by atoms with Gasteiger partial charge in [0, 0.05) is 35.3 Å². The Kier molecular flexibility index (Phi) is 9.46. The highest BCUT2D eigenvalue weighted by Gasteiger charge is 2.30. The van der Waals surface area contributed by atoms with E-state index in [1.54, 1.807) is 16.8 Å². The Balaban J connectivity index is 1.64. The van der Waals surface area contributed by atoms with Crippen molar-refractivity contribution in [1.29, 1.82) is 0 Å². The number of nitrogens with zero attached hydrogens (tertiary/aromatic N) is 4. The number of aromatic nitrogens is 3. The smallest absolute Gasteiger partial charge is 0.351 e. The van der Waals surface area contributed by atoms with E-state index < -0.39 is 45.4 Å². The largest absolute Gasteiger partial charge is 0.390 e. The van der Waals surface area contributed by atoms with E-state index in [-0.39, 0.29) is 23.2 Å². The first-order valence-electron chi connectivity index (χ1n) is 13.9. The van der Waals surface area contributed by atoms with Crippen LogP contribution < -0.4 is 15.6 Å². The lowest BCUT2D eigenvalue weighted by Crippen LogP contribution is -2.36. The van der Waals surface area contributed by atoms with E-state index in [2.05, 4.69) is 29.3 Å². The number of fused-ring (bicyclic) bond motifs is 1. The number of halogens is 4. The van der Waals surface area contributed by atoms with Crippen LogP contribution in [0.5, 0.6) is 0 Å². The topological polar surface area (TPSA) is 109 Å². The average Bonchev–Trinajstić information content (AvgIpc) is 2.92. The number of alkyl halides is 3. The molecule has 2 N–H and O–H groups in total. The van der Waals surface area contributed by atoms with Crippen molar-refractivity contribution in [3.8, 4) is 11.1 Å². The molecule has 3 aromatic rings. The second-order valence-electron chi connectivity index (χ2n) is 11.1. The minimum atomic E-state index is -4.67. The van der Waals surface area contributed by atoms with Gasteiger partial charge in [0.05, 0.1) is 17.9 Å². The quantitative estimate of drug-likeness (QED) is 0.289. The molecule has 230 valence electrons. The van der Waals surface area contributed by atoms with Gasteiger partial charge < -0.3 is 10.2 Å². The first kappa shape index (κ1) is 31.7. The van der Waals surface area contributed by atoms with Crippen molar-refractivity contribution < 1.29 is 26.0 Å². The van der Waals surface area contributed by atoms with E-state index >= 15 is 0 Å². The Morgan fingerprint density at radius 2 is 1.83 bits per heavy atom. The molecule has 0 amide bonds. The molecule has 1 fully saturated rings. The first-order valence-corrected chi connectivity index (χ1v) is 15.5. The molecule has 0 aliphatic heterocycles. The molecule has 1 aliphatic rings. The summed E-state index contributed by atoms with van der Waals surface area (Å²) in [5.74, 6) is -1.85. The van der Waals surface area contributed by atoms with Crippen molar-refractivity contribution in [1.82, 2.24) is 19.4 Å². The number of anilines is 2. The van der Waals surface area contributed by atoms with Gasteiger partial charge in [0.25, 0.3) is 5.56 Å². The van der Waals surface area contributed by atoms with Crippen molar-refractivity contribution in [2.24, 2.45) is 0 Å². The third kappa shape index (κ3) is 7.57. The summed E-state index contributed by atoms with van der Waals surface area (Å²) in [6.07, 6.45) is 0.0556. The van der Waals surface area contributed by atoms with E-state index in [0.717, 1.165) is 37.8 Å². The second-order valence-corrected chi connectivity index (χ2v) is 12.9. The fourth-order valence-corrected chi connectivity index (χ4v) is 6.24. The fourth-order valence-electron chi connectivity index (χ4n) is 5.14. The molecule has 1 aliphatic carbocycles. The Morgan fingerprint density at radius 3 is 2.43 bits per heavy atom. The number of rotatable bonds is 10. The molecule has 42 heavy (non-hydrogen) atoms. The van der Waals surface area contributed by atoms with Crippen LogP contribution in [0.15, 0.2) is 35.3 Å². The van der Waals surface area contributed by atoms with Crippen LogP contribution in [0.2, 0.25) is 0 Å². The molecule has 0 radical (unpaired) electrons. The highest BCUT2D eigenvalue weighted by molar-refractivity contribution is 7.92. The summed E-state index contributed by atoms with van der Waals surface area (Å²) in [7, 11) is -0.281. The molecule has 0 bridgehead atoms. The summed E-state index contributed by atoms with van der Waals surface area (Å²) >= 11 is 0. The third-order valence-corrected chi connectivity index (χ3v) is 9.04. The molecule has 9 nitrogen and oxygen atoms in total. The van der Waals surface area contributed by atoms with Crippen LogP contribution >= 0.6 is 0 Å². The van der Waals surface area contributed by atoms with Crippen LogP contribution in [0.4, 0.5) is 29.2 Å². The van der Waals surface area contributed by atoms with Crippen LogP contribution in [0, 0.1) is 5.82 Å². The summed E-state index contributed by atoms with van der Waals surface area (Å²) in [5, 5.41) is 3.97. The van der Waals surface area contributed by atoms with Gasteiger partial charge >= 0.3 is 6.18 Å². The highest BCUT2D eigenvalue weighted by Crippen LogP contribution is 2.29. The van der Waals surface area contributed by atoms with Gasteiger partial charge in [-0.05, 0) is 76.9 Å². The lowest BCUT2D eigenvalue weighted by molar-refractivity contribution is -0.129. The summed E-state index contributed by atoms with van der Waals surface area (Å²) in [6.45, 7) is 3.81. The van der Waals surface area contributed by atoms with Gasteiger partial charge in [0.15, 0.2) is 0 Å². The molecule has 0 saturated heterocycles. The number of benzene rings is 1. The number of hydrogen-bond acceptors (Lipinski definition) is 7. The molecular formula is C28H36F4N6O3S. The number of hydrogen-bond donors (Lipinski definition) is 2. The molecule has 1 saturated carbocycles. The van der Waals surface area contributed by atoms with Gasteiger partial charge in [-0.2, -0.15) is 18.2 Å². The number of nitrogens with one attached hydrogen (secondary N) is 2. The first-order chi connectivity index (χ1) is 19.7. The van der Waals surface area contributed by atoms with Crippen LogP contribution in [0.25, 0.3) is 22.2 Å². The van der Waals surface area contributed by atoms with Gasteiger partial charge in [0.2, 0.25) is 16.0 Å². The van der Waals surface area contributed by atoms with Gasteiger partial charge in [-0.25, -0.2) is 17.8 Å². The molecule has 4 rings (SSSR count). The average molecular weight is 613 g/mol. The Bertz CT molecular complexity index is 1580. The highest BCUT2D eigenvalue weighted by atomic mass is 32.2. The summed E-state index contributed by atoms with van der Waals surface area (Å²) in [4.78, 5) is 25.1. The predicted molar refractivity (Wildman–Crippen MR) is 156 cm³/mol. The second kappa shape index (κ2) is 12.5. The normalized spacial score (nSPS) is 18.8. The van der Waals surface area contributed by atoms with Gasteiger partial charge in [-0.1, -0.05) is 13.0 Å². The van der Waals surface area contributed by atoms with E-state index in [1.165, 1.54) is 6.07 Å². The zero-order chi connectivity index (χ0) is 30.8. The predicted octanol–water partition coefficient (Wildman–Crippen LogP) is 5.55. The molecule has 14 heteroatoms. The maximum atomic E-state index is 15.0. The van der Waals surface area contributed by atoms with Crippen LogP contribution in [-0.2, 0) is 10.0 Å². The summed E-state index contributed by atoms with van der Waals surface area (Å²) < 4.78 is 79.8. The number of pyridine rings is 1. The monoisotopic (exact) mass is 612 g/mol. The molecule has 2 aromatic heterocycles. The van der Waals surface area contributed by atoms with E-state index in [0.29, 0.717) is 29.4 Å². The van der Waals surface area contributed by atoms with Crippen molar-refractivity contribution in [2.45, 2.75) is 76.7 Å². The molecule has 1 atom stereocenters. The minimum absolute atomic E-state index is 0.152. The van der Waals surface area contributed by atoms with Gasteiger partial charge in [0.1, 0.15) is 11.5 Å². The maximum Gasteiger partial charge on any atom is 0.390 e. The van der Waals surface area contributed by atoms with E-state index in [4.69, 9.17) is 4.98 Å². The maximum absolute atomic E-state index is 15.0. The molecule has 0 spiro atoms. The van der Waals surface area contributed by atoms with Crippen LogP contribution in [0.1, 0.15) is 58.4 Å². The Hall–Kier alpha value is -3.26. The lowest BCUT2D eigenvalue weighted by atomic mass is 9.91. The van der Waals surface area contributed by atoms with Crippen molar-refractivity contribution in [3.05, 3.63) is 46.6 Å². The van der Waals surface area contributed by atoms with Gasteiger partial charge in [-0.3, -0.25) is 14.1 Å².